The minimum Gasteiger partial charge on any atom is -0.550 e. The number of alkyl carbamates (subject to hydrolysis) is 1. The van der Waals surface area contributed by atoms with E-state index in [1.165, 1.54) is 7.11 Å². The summed E-state index contributed by atoms with van der Waals surface area (Å²) in [6, 6.07) is 6.07. The first-order valence-electron chi connectivity index (χ1n) is 6.55. The Morgan fingerprint density at radius 2 is 1.90 bits per heavy atom. The number of carboxylic acids is 1. The number of rotatable bonds is 5. The molecule has 0 fully saturated rings. The molecule has 0 heterocycles. The molecule has 0 saturated carbocycles. The molecule has 0 spiro atoms. The highest BCUT2D eigenvalue weighted by Gasteiger charge is 2.22. The molecular weight excluding hydrogens is 274 g/mol. The highest BCUT2D eigenvalue weighted by Crippen LogP contribution is 2.27. The third-order valence-electron chi connectivity index (χ3n) is 2.58. The first-order chi connectivity index (χ1) is 9.73. The number of methoxy groups -OCH3 is 1. The third-order valence-corrected chi connectivity index (χ3v) is 2.58. The molecule has 0 aliphatic heterocycles. The predicted molar refractivity (Wildman–Crippen MR) is 74.7 cm³/mol. The Hall–Kier alpha value is -2.24. The number of amides is 1. The number of ether oxygens (including phenoxy) is 2. The molecule has 0 aromatic heterocycles. The van der Waals surface area contributed by atoms with E-state index in [2.05, 4.69) is 5.32 Å². The summed E-state index contributed by atoms with van der Waals surface area (Å²) in [7, 11) is 1.47. The summed E-state index contributed by atoms with van der Waals surface area (Å²) in [5.74, 6) is -0.790. The van der Waals surface area contributed by atoms with Crippen LogP contribution in [-0.2, 0) is 9.53 Å². The van der Waals surface area contributed by atoms with Crippen LogP contribution in [0.25, 0.3) is 0 Å². The van der Waals surface area contributed by atoms with Crippen LogP contribution in [0.15, 0.2) is 24.3 Å². The molecule has 0 bridgehead atoms. The number of carboxylic acid groups (broad SMARTS) is 1. The first kappa shape index (κ1) is 16.8. The Bertz CT molecular complexity index is 507. The molecule has 0 unspecified atom stereocenters. The molecule has 0 aliphatic rings. The van der Waals surface area contributed by atoms with E-state index < -0.39 is 23.7 Å². The van der Waals surface area contributed by atoms with Gasteiger partial charge in [0, 0.05) is 18.0 Å². The van der Waals surface area contributed by atoms with Gasteiger partial charge >= 0.3 is 6.09 Å². The summed E-state index contributed by atoms with van der Waals surface area (Å²) < 4.78 is 10.3. The van der Waals surface area contributed by atoms with Gasteiger partial charge in [0.1, 0.15) is 11.4 Å². The lowest BCUT2D eigenvalue weighted by molar-refractivity contribution is -0.306. The number of para-hydroxylation sites is 1. The van der Waals surface area contributed by atoms with E-state index in [0.29, 0.717) is 11.3 Å². The van der Waals surface area contributed by atoms with Crippen molar-refractivity contribution in [2.45, 2.75) is 38.8 Å². The smallest absolute Gasteiger partial charge is 0.408 e. The highest BCUT2D eigenvalue weighted by molar-refractivity contribution is 5.71. The quantitative estimate of drug-likeness (QED) is 0.887. The molecule has 116 valence electrons. The fraction of sp³-hybridized carbons (Fsp3) is 0.467. The van der Waals surface area contributed by atoms with Gasteiger partial charge in [-0.25, -0.2) is 4.79 Å². The van der Waals surface area contributed by atoms with E-state index in [9.17, 15) is 14.7 Å². The van der Waals surface area contributed by atoms with Crippen LogP contribution in [0, 0.1) is 0 Å². The average molecular weight is 294 g/mol. The Kier molecular flexibility index (Phi) is 5.58. The van der Waals surface area contributed by atoms with E-state index in [4.69, 9.17) is 9.47 Å². The van der Waals surface area contributed by atoms with Crippen LogP contribution in [0.5, 0.6) is 5.75 Å². The Labute approximate surface area is 124 Å². The lowest BCUT2D eigenvalue weighted by atomic mass is 10.0. The first-order valence-corrected chi connectivity index (χ1v) is 6.55. The van der Waals surface area contributed by atoms with Crippen molar-refractivity contribution in [2.24, 2.45) is 0 Å². The lowest BCUT2D eigenvalue weighted by Crippen LogP contribution is -2.37. The van der Waals surface area contributed by atoms with Crippen molar-refractivity contribution in [3.8, 4) is 5.75 Å². The van der Waals surface area contributed by atoms with Gasteiger partial charge in [-0.05, 0) is 26.8 Å². The summed E-state index contributed by atoms with van der Waals surface area (Å²) in [6.07, 6.45) is -1.07. The Morgan fingerprint density at radius 1 is 1.29 bits per heavy atom. The molecular formula is C15H20NO5-. The Morgan fingerprint density at radius 3 is 2.43 bits per heavy atom. The lowest BCUT2D eigenvalue weighted by Gasteiger charge is -2.25. The van der Waals surface area contributed by atoms with Crippen LogP contribution in [0.3, 0.4) is 0 Å². The number of carbonyl (C=O) groups excluding carboxylic acids is 2. The summed E-state index contributed by atoms with van der Waals surface area (Å²) in [4.78, 5) is 22.7. The molecule has 1 aromatic carbocycles. The van der Waals surface area contributed by atoms with Gasteiger partial charge in [-0.15, -0.1) is 0 Å². The molecule has 1 aromatic rings. The van der Waals surface area contributed by atoms with E-state index in [0.717, 1.165) is 0 Å². The van der Waals surface area contributed by atoms with Crippen molar-refractivity contribution in [1.29, 1.82) is 0 Å². The molecule has 6 nitrogen and oxygen atoms in total. The molecule has 6 heteroatoms. The number of benzene rings is 1. The van der Waals surface area contributed by atoms with Gasteiger partial charge in [0.05, 0.1) is 13.2 Å². The minimum atomic E-state index is -1.28. The van der Waals surface area contributed by atoms with Gasteiger partial charge in [0.2, 0.25) is 0 Å². The van der Waals surface area contributed by atoms with Crippen LogP contribution in [0.2, 0.25) is 0 Å². The highest BCUT2D eigenvalue weighted by atomic mass is 16.6. The van der Waals surface area contributed by atoms with Gasteiger partial charge in [-0.3, -0.25) is 0 Å². The number of carbonyl (C=O) groups is 2. The van der Waals surface area contributed by atoms with Crippen LogP contribution in [0.4, 0.5) is 4.79 Å². The summed E-state index contributed by atoms with van der Waals surface area (Å²) in [5.41, 5.74) is -0.119. The standard InChI is InChI=1S/C15H21NO5/c1-15(2,3)21-14(19)16-11(9-13(17)18)10-7-5-6-8-12(10)20-4/h5-8,11H,9H2,1-4H3,(H,16,19)(H,17,18)/p-1/t11-/m0/s1. The summed E-state index contributed by atoms with van der Waals surface area (Å²) in [5, 5.41) is 13.4. The molecule has 1 N–H and O–H groups in total. The number of hydrogen-bond acceptors (Lipinski definition) is 5. The van der Waals surface area contributed by atoms with Crippen LogP contribution >= 0.6 is 0 Å². The van der Waals surface area contributed by atoms with Crippen LogP contribution in [-0.4, -0.2) is 24.8 Å². The molecule has 0 saturated heterocycles. The van der Waals surface area contributed by atoms with E-state index in [1.807, 2.05) is 0 Å². The molecule has 1 amide bonds. The monoisotopic (exact) mass is 294 g/mol. The minimum absolute atomic E-state index is 0.375. The van der Waals surface area contributed by atoms with Gasteiger partial charge < -0.3 is 24.7 Å². The zero-order chi connectivity index (χ0) is 16.0. The number of aliphatic carboxylic acids is 1. The van der Waals surface area contributed by atoms with E-state index >= 15 is 0 Å². The van der Waals surface area contributed by atoms with Crippen molar-refractivity contribution in [1.82, 2.24) is 5.32 Å². The second-order valence-corrected chi connectivity index (χ2v) is 5.52. The van der Waals surface area contributed by atoms with Gasteiger partial charge in [-0.2, -0.15) is 0 Å². The predicted octanol–water partition coefficient (Wildman–Crippen LogP) is 1.40. The summed E-state index contributed by atoms with van der Waals surface area (Å²) >= 11 is 0. The van der Waals surface area contributed by atoms with Gasteiger partial charge in [0.25, 0.3) is 0 Å². The maximum absolute atomic E-state index is 11.8. The van der Waals surface area contributed by atoms with E-state index in [1.54, 1.807) is 45.0 Å². The van der Waals surface area contributed by atoms with Gasteiger partial charge in [-0.1, -0.05) is 18.2 Å². The fourth-order valence-electron chi connectivity index (χ4n) is 1.81. The molecule has 0 radical (unpaired) electrons. The zero-order valence-electron chi connectivity index (χ0n) is 12.6. The second-order valence-electron chi connectivity index (χ2n) is 5.52. The largest absolute Gasteiger partial charge is 0.550 e. The fourth-order valence-corrected chi connectivity index (χ4v) is 1.81. The molecule has 0 aliphatic carbocycles. The number of hydrogen-bond donors (Lipinski definition) is 1. The molecule has 1 rings (SSSR count). The number of nitrogens with one attached hydrogen (secondary N) is 1. The van der Waals surface area contributed by atoms with Crippen molar-refractivity contribution >= 4 is 12.1 Å². The second kappa shape index (κ2) is 6.97. The third kappa shape index (κ3) is 5.72. The maximum Gasteiger partial charge on any atom is 0.408 e. The van der Waals surface area contributed by atoms with Crippen LogP contribution < -0.4 is 15.2 Å². The molecule has 21 heavy (non-hydrogen) atoms. The van der Waals surface area contributed by atoms with Gasteiger partial charge in [0.15, 0.2) is 0 Å². The zero-order valence-corrected chi connectivity index (χ0v) is 12.6. The average Bonchev–Trinajstić information content (AvgIpc) is 2.35. The van der Waals surface area contributed by atoms with Crippen molar-refractivity contribution < 1.29 is 24.2 Å². The molecule has 1 atom stereocenters. The van der Waals surface area contributed by atoms with E-state index in [-0.39, 0.29) is 6.42 Å². The maximum atomic E-state index is 11.8. The SMILES string of the molecule is COc1ccccc1[C@H](CC(=O)[O-])NC(=O)OC(C)(C)C. The Balaban J connectivity index is 2.95. The van der Waals surface area contributed by atoms with Crippen molar-refractivity contribution in [2.75, 3.05) is 7.11 Å². The summed E-state index contributed by atoms with van der Waals surface area (Å²) in [6.45, 7) is 5.18. The van der Waals surface area contributed by atoms with Crippen molar-refractivity contribution in [3.63, 3.8) is 0 Å². The normalized spacial score (nSPS) is 12.4. The van der Waals surface area contributed by atoms with Crippen molar-refractivity contribution in [3.05, 3.63) is 29.8 Å². The topological polar surface area (TPSA) is 87.7 Å². The van der Waals surface area contributed by atoms with Crippen LogP contribution in [0.1, 0.15) is 38.8 Å².